The van der Waals surface area contributed by atoms with E-state index in [2.05, 4.69) is 15.0 Å². The zero-order valence-corrected chi connectivity index (χ0v) is 21.9. The van der Waals surface area contributed by atoms with Gasteiger partial charge in [0.1, 0.15) is 6.29 Å². The van der Waals surface area contributed by atoms with Gasteiger partial charge in [0, 0.05) is 38.8 Å². The Morgan fingerprint density at radius 3 is 1.56 bits per heavy atom. The summed E-state index contributed by atoms with van der Waals surface area (Å²) in [7, 11) is 0. The van der Waals surface area contributed by atoms with Crippen LogP contribution in [0.4, 0.5) is 22.0 Å². The van der Waals surface area contributed by atoms with Crippen LogP contribution >= 0.6 is 0 Å². The van der Waals surface area contributed by atoms with E-state index < -0.39 is 34.6 Å². The van der Waals surface area contributed by atoms with Crippen molar-refractivity contribution in [2.24, 2.45) is 0 Å². The molecule has 5 heterocycles. The van der Waals surface area contributed by atoms with E-state index in [1.807, 2.05) is 30.3 Å². The molecule has 0 aliphatic carbocycles. The fraction of sp³-hybridized carbons (Fsp3) is 0. The SMILES string of the molecule is O=Cc1ccc(-c2c3nc(cc4ccc([nH]4)c(-c4c(F)c(F)c(F)c(F)c4F)c4nc(cc5ccc2[nH]5)C=C4)C=C3)cc1. The molecule has 10 heteroatoms. The summed E-state index contributed by atoms with van der Waals surface area (Å²) < 4.78 is 72.7. The number of nitrogens with one attached hydrogen (secondary N) is 2. The van der Waals surface area contributed by atoms with Crippen molar-refractivity contribution < 1.29 is 26.7 Å². The van der Waals surface area contributed by atoms with Crippen molar-refractivity contribution in [3.05, 3.63) is 118 Å². The van der Waals surface area contributed by atoms with Crippen LogP contribution in [0.25, 0.3) is 68.6 Å². The van der Waals surface area contributed by atoms with Crippen molar-refractivity contribution >= 4 is 52.7 Å². The third-order valence-electron chi connectivity index (χ3n) is 7.19. The van der Waals surface area contributed by atoms with Crippen molar-refractivity contribution in [1.29, 1.82) is 0 Å². The number of nitrogens with zero attached hydrogens (tertiary/aromatic N) is 2. The summed E-state index contributed by atoms with van der Waals surface area (Å²) in [5.74, 6) is -10.3. The summed E-state index contributed by atoms with van der Waals surface area (Å²) in [5, 5.41) is 0. The predicted octanol–water partition coefficient (Wildman–Crippen LogP) is 8.50. The summed E-state index contributed by atoms with van der Waals surface area (Å²) in [4.78, 5) is 26.8. The number of aromatic nitrogens is 4. The highest BCUT2D eigenvalue weighted by molar-refractivity contribution is 5.93. The largest absolute Gasteiger partial charge is 0.355 e. The number of rotatable bonds is 3. The van der Waals surface area contributed by atoms with Gasteiger partial charge in [-0.15, -0.1) is 0 Å². The molecule has 210 valence electrons. The number of halogens is 5. The highest BCUT2D eigenvalue weighted by Gasteiger charge is 2.29. The maximum absolute atomic E-state index is 15.1. The van der Waals surface area contributed by atoms with E-state index >= 15 is 8.78 Å². The Morgan fingerprint density at radius 1 is 0.535 bits per heavy atom. The molecule has 3 aromatic heterocycles. The maximum Gasteiger partial charge on any atom is 0.200 e. The van der Waals surface area contributed by atoms with Gasteiger partial charge in [-0.05, 0) is 66.3 Å². The lowest BCUT2D eigenvalue weighted by Crippen LogP contribution is -2.05. The normalized spacial score (nSPS) is 12.2. The van der Waals surface area contributed by atoms with E-state index in [9.17, 15) is 18.0 Å². The molecule has 7 rings (SSSR count). The number of hydrogen-bond donors (Lipinski definition) is 2. The lowest BCUT2D eigenvalue weighted by molar-refractivity contribution is 0.112. The predicted molar refractivity (Wildman–Crippen MR) is 155 cm³/mol. The lowest BCUT2D eigenvalue weighted by Gasteiger charge is -2.09. The number of hydrogen-bond acceptors (Lipinski definition) is 3. The van der Waals surface area contributed by atoms with Crippen LogP contribution in [0, 0.1) is 29.1 Å². The first kappa shape index (κ1) is 26.3. The highest BCUT2D eigenvalue weighted by Crippen LogP contribution is 2.37. The standard InChI is InChI=1S/C33H17F5N4O/c34-29-28(30(35)32(37)33(38)31(29)36)27-24-11-7-20(41-24)13-18-5-9-22(39-18)26(17-3-1-16(15-43)2-4-17)23-10-6-19(40-23)14-21-8-12-25(27)42-21/h1-15,39,42H. The molecule has 5 aromatic rings. The van der Waals surface area contributed by atoms with Gasteiger partial charge >= 0.3 is 0 Å². The van der Waals surface area contributed by atoms with Crippen molar-refractivity contribution in [2.75, 3.05) is 0 Å². The minimum absolute atomic E-state index is 0.00188. The van der Waals surface area contributed by atoms with Gasteiger partial charge in [-0.1, -0.05) is 24.3 Å². The molecule has 0 atom stereocenters. The molecule has 0 unspecified atom stereocenters. The fourth-order valence-corrected chi connectivity index (χ4v) is 5.19. The molecule has 5 nitrogen and oxygen atoms in total. The quantitative estimate of drug-likeness (QED) is 0.0953. The smallest absolute Gasteiger partial charge is 0.200 e. The molecule has 0 spiro atoms. The molecular formula is C33H17F5N4O. The summed E-state index contributed by atoms with van der Waals surface area (Å²) in [6.45, 7) is 0. The summed E-state index contributed by atoms with van der Waals surface area (Å²) >= 11 is 0. The Balaban J connectivity index is 1.57. The summed E-state index contributed by atoms with van der Waals surface area (Å²) in [5.41, 5.74) is 4.22. The van der Waals surface area contributed by atoms with E-state index in [0.717, 1.165) is 22.9 Å². The van der Waals surface area contributed by atoms with Crippen LogP contribution in [0.15, 0.2) is 60.7 Å². The molecule has 0 saturated carbocycles. The molecule has 2 N–H and O–H groups in total. The highest BCUT2D eigenvalue weighted by atomic mass is 19.2. The van der Waals surface area contributed by atoms with Crippen LogP contribution < -0.4 is 0 Å². The third kappa shape index (κ3) is 4.44. The average Bonchev–Trinajstić information content (AvgIpc) is 3.84. The summed E-state index contributed by atoms with van der Waals surface area (Å²) in [6.07, 6.45) is 7.40. The van der Waals surface area contributed by atoms with Crippen molar-refractivity contribution in [3.8, 4) is 22.3 Å². The van der Waals surface area contributed by atoms with E-state index in [4.69, 9.17) is 4.98 Å². The Hall–Kier alpha value is -5.64. The molecule has 2 aliphatic rings. The van der Waals surface area contributed by atoms with Gasteiger partial charge < -0.3 is 9.97 Å². The van der Waals surface area contributed by atoms with Gasteiger partial charge in [-0.3, -0.25) is 4.79 Å². The molecule has 2 aliphatic heterocycles. The minimum atomic E-state index is -2.24. The van der Waals surface area contributed by atoms with E-state index in [1.165, 1.54) is 12.1 Å². The Bertz CT molecular complexity index is 2180. The number of benzene rings is 2. The van der Waals surface area contributed by atoms with Gasteiger partial charge in [-0.2, -0.15) is 0 Å². The monoisotopic (exact) mass is 580 g/mol. The molecule has 0 saturated heterocycles. The van der Waals surface area contributed by atoms with Crippen molar-refractivity contribution in [3.63, 3.8) is 0 Å². The Kier molecular flexibility index (Phi) is 6.12. The zero-order chi connectivity index (χ0) is 29.8. The number of carbonyl (C=O) groups excluding carboxylic acids is 1. The molecule has 2 aromatic carbocycles. The van der Waals surface area contributed by atoms with Crippen molar-refractivity contribution in [2.45, 2.75) is 0 Å². The average molecular weight is 581 g/mol. The van der Waals surface area contributed by atoms with Gasteiger partial charge in [0.15, 0.2) is 23.3 Å². The molecule has 0 amide bonds. The van der Waals surface area contributed by atoms with Crippen LogP contribution in [-0.2, 0) is 0 Å². The Labute approximate surface area is 239 Å². The zero-order valence-electron chi connectivity index (χ0n) is 21.9. The van der Waals surface area contributed by atoms with E-state index in [1.54, 1.807) is 42.5 Å². The molecule has 0 radical (unpaired) electrons. The second-order valence-corrected chi connectivity index (χ2v) is 9.89. The first-order chi connectivity index (χ1) is 20.8. The molecular weight excluding hydrogens is 563 g/mol. The van der Waals surface area contributed by atoms with Crippen molar-refractivity contribution in [1.82, 2.24) is 19.9 Å². The van der Waals surface area contributed by atoms with Gasteiger partial charge in [0.2, 0.25) is 5.82 Å². The Morgan fingerprint density at radius 2 is 1.02 bits per heavy atom. The second kappa shape index (κ2) is 10.0. The van der Waals surface area contributed by atoms with Crippen LogP contribution in [-0.4, -0.2) is 26.2 Å². The topological polar surface area (TPSA) is 74.4 Å². The number of aromatic amines is 2. The number of fused-ring (bicyclic) bond motifs is 8. The minimum Gasteiger partial charge on any atom is -0.355 e. The molecule has 0 fully saturated rings. The van der Waals surface area contributed by atoms with E-state index in [0.29, 0.717) is 33.7 Å². The van der Waals surface area contributed by atoms with Gasteiger partial charge in [-0.25, -0.2) is 31.9 Å². The van der Waals surface area contributed by atoms with Gasteiger partial charge in [0.05, 0.1) is 28.3 Å². The lowest BCUT2D eigenvalue weighted by atomic mass is 10.0. The van der Waals surface area contributed by atoms with Crippen LogP contribution in [0.1, 0.15) is 33.1 Å². The van der Waals surface area contributed by atoms with Gasteiger partial charge in [0.25, 0.3) is 0 Å². The first-order valence-corrected chi connectivity index (χ1v) is 13.0. The second-order valence-electron chi connectivity index (χ2n) is 9.89. The first-order valence-electron chi connectivity index (χ1n) is 13.0. The third-order valence-corrected chi connectivity index (χ3v) is 7.19. The van der Waals surface area contributed by atoms with Crippen LogP contribution in [0.5, 0.6) is 0 Å². The number of carbonyl (C=O) groups is 1. The van der Waals surface area contributed by atoms with E-state index in [-0.39, 0.29) is 16.8 Å². The van der Waals surface area contributed by atoms with Crippen LogP contribution in [0.2, 0.25) is 0 Å². The fourth-order valence-electron chi connectivity index (χ4n) is 5.19. The molecule has 8 bridgehead atoms. The number of aldehydes is 1. The van der Waals surface area contributed by atoms with Crippen LogP contribution in [0.3, 0.4) is 0 Å². The maximum atomic E-state index is 15.1. The summed E-state index contributed by atoms with van der Waals surface area (Å²) in [6, 6.07) is 17.2. The molecule has 43 heavy (non-hydrogen) atoms. The number of H-pyrrole nitrogens is 2.